The van der Waals surface area contributed by atoms with Gasteiger partial charge in [-0.05, 0) is 6.92 Å². The maximum Gasteiger partial charge on any atom is 0.488 e. The van der Waals surface area contributed by atoms with E-state index in [1.165, 1.54) is 11.8 Å². The molecule has 0 N–H and O–H groups in total. The Hall–Kier alpha value is -1.54. The van der Waals surface area contributed by atoms with Gasteiger partial charge in [-0.3, -0.25) is 0 Å². The first-order valence-electron chi connectivity index (χ1n) is 5.71. The minimum absolute atomic E-state index is 0.0302. The average molecular weight is 310 g/mol. The van der Waals surface area contributed by atoms with Crippen molar-refractivity contribution in [1.82, 2.24) is 9.80 Å². The van der Waals surface area contributed by atoms with Crippen LogP contribution >= 0.6 is 11.6 Å². The molecule has 9 heteroatoms. The van der Waals surface area contributed by atoms with E-state index < -0.39 is 18.9 Å². The number of alkyl halides is 3. The highest BCUT2D eigenvalue weighted by Crippen LogP contribution is 2.32. The Morgan fingerprint density at radius 1 is 1.60 bits per heavy atom. The summed E-state index contributed by atoms with van der Waals surface area (Å²) in [4.78, 5) is 17.0. The second kappa shape index (κ2) is 5.10. The summed E-state index contributed by atoms with van der Waals surface area (Å²) in [5.74, 6) is -0.567. The molecule has 0 atom stereocenters. The highest BCUT2D eigenvalue weighted by atomic mass is 35.5. The van der Waals surface area contributed by atoms with Crippen molar-refractivity contribution in [2.45, 2.75) is 20.1 Å². The molecular weight excluding hydrogens is 299 g/mol. The molecular formula is C11H11ClF3N3O2+. The van der Waals surface area contributed by atoms with Crippen molar-refractivity contribution in [3.8, 4) is 0 Å². The summed E-state index contributed by atoms with van der Waals surface area (Å²) in [6.07, 6.45) is -3.81. The standard InChI is InChI=1S/C11H11ClF3N3O2/c1-3-20-10(19)8-6(2)18-5-17(11(13,14)15)4-7(12)9(18)16-8/h4H,3,5H2,1-2H3/q+1. The molecule has 0 aromatic heterocycles. The van der Waals surface area contributed by atoms with Crippen molar-refractivity contribution in [3.63, 3.8) is 0 Å². The van der Waals surface area contributed by atoms with Gasteiger partial charge in [-0.2, -0.15) is 4.99 Å². The fourth-order valence-electron chi connectivity index (χ4n) is 1.82. The minimum Gasteiger partial charge on any atom is -0.461 e. The second-order valence-electron chi connectivity index (χ2n) is 4.07. The van der Waals surface area contributed by atoms with Crippen LogP contribution in [0.3, 0.4) is 0 Å². The van der Waals surface area contributed by atoms with Crippen molar-refractivity contribution in [3.05, 3.63) is 22.6 Å². The predicted octanol–water partition coefficient (Wildman–Crippen LogP) is 2.21. The van der Waals surface area contributed by atoms with Gasteiger partial charge >= 0.3 is 18.1 Å². The Bertz CT molecular complexity index is 540. The molecule has 20 heavy (non-hydrogen) atoms. The lowest BCUT2D eigenvalue weighted by molar-refractivity contribution is -0.231. The van der Waals surface area contributed by atoms with E-state index in [0.717, 1.165) is 6.20 Å². The number of allylic oxidation sites excluding steroid dienone is 1. The Morgan fingerprint density at radius 2 is 2.25 bits per heavy atom. The Morgan fingerprint density at radius 3 is 2.80 bits per heavy atom. The third-order valence-electron chi connectivity index (χ3n) is 2.79. The van der Waals surface area contributed by atoms with Gasteiger partial charge in [-0.15, -0.1) is 13.2 Å². The second-order valence-corrected chi connectivity index (χ2v) is 4.48. The molecule has 109 valence electrons. The Labute approximate surface area is 117 Å². The molecule has 0 amide bonds. The van der Waals surface area contributed by atoms with Gasteiger partial charge in [0.25, 0.3) is 0 Å². The molecule has 2 aliphatic rings. The number of hydrogen-bond acceptors (Lipinski definition) is 5. The van der Waals surface area contributed by atoms with Crippen LogP contribution in [0.25, 0.3) is 0 Å². The largest absolute Gasteiger partial charge is 0.488 e. The molecule has 5 nitrogen and oxygen atoms in total. The summed E-state index contributed by atoms with van der Waals surface area (Å²) < 4.78 is 43.0. The van der Waals surface area contributed by atoms with Crippen LogP contribution in [0.2, 0.25) is 0 Å². The van der Waals surface area contributed by atoms with Gasteiger partial charge in [0.2, 0.25) is 12.4 Å². The van der Waals surface area contributed by atoms with Crippen LogP contribution in [0.15, 0.2) is 27.6 Å². The third-order valence-corrected chi connectivity index (χ3v) is 3.06. The maximum absolute atomic E-state index is 12.7. The maximum atomic E-state index is 12.7. The third kappa shape index (κ3) is 2.53. The van der Waals surface area contributed by atoms with E-state index in [-0.39, 0.29) is 33.8 Å². The van der Waals surface area contributed by atoms with Gasteiger partial charge in [-0.25, -0.2) is 9.69 Å². The highest BCUT2D eigenvalue weighted by Gasteiger charge is 2.50. The first-order chi connectivity index (χ1) is 9.25. The van der Waals surface area contributed by atoms with Crippen molar-refractivity contribution in [2.75, 3.05) is 13.3 Å². The molecule has 0 saturated heterocycles. The SMILES string of the molecule is CCOC(=O)C1=C(C)[N+]2CN(C(F)(F)F)C=C(Cl)C2=N1. The Balaban J connectivity index is 2.33. The topological polar surface area (TPSA) is 47.8 Å². The number of rotatable bonds is 2. The lowest BCUT2D eigenvalue weighted by atomic mass is 10.3. The molecule has 2 aliphatic heterocycles. The number of fused-ring (bicyclic) bond motifs is 1. The summed E-state index contributed by atoms with van der Waals surface area (Å²) in [7, 11) is 0. The number of aliphatic imine (C=N–C) groups is 1. The van der Waals surface area contributed by atoms with E-state index in [1.54, 1.807) is 6.92 Å². The average Bonchev–Trinajstić information content (AvgIpc) is 2.67. The number of carbonyl (C=O) groups is 1. The van der Waals surface area contributed by atoms with E-state index in [9.17, 15) is 18.0 Å². The van der Waals surface area contributed by atoms with Gasteiger partial charge in [0.05, 0.1) is 6.61 Å². The fourth-order valence-corrected chi connectivity index (χ4v) is 2.09. The number of carbonyl (C=O) groups excluding carboxylic acids is 1. The van der Waals surface area contributed by atoms with Gasteiger partial charge in [-0.1, -0.05) is 16.5 Å². The van der Waals surface area contributed by atoms with Gasteiger partial charge in [0, 0.05) is 13.1 Å². The summed E-state index contributed by atoms with van der Waals surface area (Å²) in [6.45, 7) is 2.76. The molecule has 0 aromatic carbocycles. The van der Waals surface area contributed by atoms with E-state index in [1.807, 2.05) is 0 Å². The van der Waals surface area contributed by atoms with Crippen LogP contribution in [0, 0.1) is 0 Å². The molecule has 1 radical (unpaired) electrons. The first-order valence-corrected chi connectivity index (χ1v) is 6.09. The van der Waals surface area contributed by atoms with Crippen molar-refractivity contribution < 1.29 is 22.7 Å². The van der Waals surface area contributed by atoms with Gasteiger partial charge in [0.1, 0.15) is 5.03 Å². The molecule has 0 aromatic rings. The number of amidine groups is 1. The quantitative estimate of drug-likeness (QED) is 0.446. The van der Waals surface area contributed by atoms with Crippen LogP contribution in [-0.2, 0) is 9.53 Å². The zero-order valence-electron chi connectivity index (χ0n) is 10.7. The predicted molar refractivity (Wildman–Crippen MR) is 65.6 cm³/mol. The lowest BCUT2D eigenvalue weighted by Crippen LogP contribution is -2.50. The monoisotopic (exact) mass is 309 g/mol. The first kappa shape index (κ1) is 14.9. The number of nitrogens with zero attached hydrogens (tertiary/aromatic N) is 3. The van der Waals surface area contributed by atoms with E-state index in [0.29, 0.717) is 0 Å². The normalized spacial score (nSPS) is 19.8. The van der Waals surface area contributed by atoms with Crippen LogP contribution in [0.5, 0.6) is 0 Å². The Kier molecular flexibility index (Phi) is 3.79. The van der Waals surface area contributed by atoms with Crippen LogP contribution < -0.4 is 4.90 Å². The molecule has 0 saturated carbocycles. The summed E-state index contributed by atoms with van der Waals surface area (Å²) in [5, 5.41) is -0.188. The molecule has 0 unspecified atom stereocenters. The summed E-state index contributed by atoms with van der Waals surface area (Å²) in [6, 6.07) is 0. The van der Waals surface area contributed by atoms with Gasteiger partial charge in [0.15, 0.2) is 5.70 Å². The van der Waals surface area contributed by atoms with Crippen molar-refractivity contribution >= 4 is 23.4 Å². The summed E-state index contributed by atoms with van der Waals surface area (Å²) >= 11 is 5.80. The van der Waals surface area contributed by atoms with Crippen molar-refractivity contribution in [2.24, 2.45) is 4.99 Å². The lowest BCUT2D eigenvalue weighted by Gasteiger charge is -2.26. The fraction of sp³-hybridized carbons (Fsp3) is 0.455. The molecule has 2 rings (SSSR count). The zero-order chi connectivity index (χ0) is 15.1. The number of esters is 1. The number of halogens is 4. The molecule has 2 heterocycles. The highest BCUT2D eigenvalue weighted by molar-refractivity contribution is 6.44. The number of ether oxygens (including phenoxy) is 1. The molecule has 0 fully saturated rings. The van der Waals surface area contributed by atoms with E-state index in [4.69, 9.17) is 16.3 Å². The van der Waals surface area contributed by atoms with Crippen LogP contribution in [0.4, 0.5) is 13.2 Å². The molecule has 0 spiro atoms. The van der Waals surface area contributed by atoms with Crippen molar-refractivity contribution in [1.29, 1.82) is 0 Å². The summed E-state index contributed by atoms with van der Waals surface area (Å²) in [5.41, 5.74) is 0.247. The van der Waals surface area contributed by atoms with E-state index in [2.05, 4.69) is 4.99 Å². The smallest absolute Gasteiger partial charge is 0.461 e. The molecule has 0 bridgehead atoms. The van der Waals surface area contributed by atoms with Crippen LogP contribution in [0.1, 0.15) is 13.8 Å². The number of hydrogen-bond donors (Lipinski definition) is 0. The van der Waals surface area contributed by atoms with Gasteiger partial charge < -0.3 is 4.74 Å². The van der Waals surface area contributed by atoms with E-state index >= 15 is 0 Å². The van der Waals surface area contributed by atoms with Crippen LogP contribution in [-0.4, -0.2) is 36.3 Å². The molecule has 0 aliphatic carbocycles. The zero-order valence-corrected chi connectivity index (χ0v) is 11.4. The minimum atomic E-state index is -4.56.